The van der Waals surface area contributed by atoms with E-state index < -0.39 is 17.9 Å². The first-order valence-electron chi connectivity index (χ1n) is 4.89. The van der Waals surface area contributed by atoms with Gasteiger partial charge in [0, 0.05) is 0 Å². The Bertz CT molecular complexity index is 306. The number of aliphatic carboxylic acids is 2. The van der Waals surface area contributed by atoms with E-state index in [2.05, 4.69) is 6.58 Å². The van der Waals surface area contributed by atoms with Crippen LogP contribution in [0, 0.1) is 23.2 Å². The SMILES string of the molecule is C=CC(CC(=O)O)[C@H]1[C@@H](C(=O)O)C1(C)C. The van der Waals surface area contributed by atoms with Gasteiger partial charge in [0.2, 0.25) is 0 Å². The highest BCUT2D eigenvalue weighted by molar-refractivity contribution is 5.76. The molecule has 0 spiro atoms. The van der Waals surface area contributed by atoms with Gasteiger partial charge in [0.1, 0.15) is 0 Å². The lowest BCUT2D eigenvalue weighted by molar-refractivity contribution is -0.141. The van der Waals surface area contributed by atoms with Gasteiger partial charge in [-0.25, -0.2) is 0 Å². The van der Waals surface area contributed by atoms with E-state index in [1.807, 2.05) is 13.8 Å². The fraction of sp³-hybridized carbons (Fsp3) is 0.636. The largest absolute Gasteiger partial charge is 0.481 e. The summed E-state index contributed by atoms with van der Waals surface area (Å²) in [6, 6.07) is 0. The summed E-state index contributed by atoms with van der Waals surface area (Å²) in [6.45, 7) is 7.29. The third-order valence-corrected chi connectivity index (χ3v) is 3.35. The van der Waals surface area contributed by atoms with Crippen molar-refractivity contribution < 1.29 is 19.8 Å². The molecular formula is C11H16O4. The van der Waals surface area contributed by atoms with Crippen LogP contribution in [0.5, 0.6) is 0 Å². The third kappa shape index (κ3) is 2.03. The molecule has 0 aliphatic heterocycles. The zero-order valence-corrected chi connectivity index (χ0v) is 8.93. The average Bonchev–Trinajstić information content (AvgIpc) is 2.64. The summed E-state index contributed by atoms with van der Waals surface area (Å²) in [7, 11) is 0. The summed E-state index contributed by atoms with van der Waals surface area (Å²) in [5.74, 6) is -2.56. The number of carbonyl (C=O) groups is 2. The molecule has 0 aromatic rings. The van der Waals surface area contributed by atoms with Gasteiger partial charge in [-0.1, -0.05) is 19.9 Å². The highest BCUT2D eigenvalue weighted by atomic mass is 16.4. The predicted molar refractivity (Wildman–Crippen MR) is 54.3 cm³/mol. The van der Waals surface area contributed by atoms with Crippen LogP contribution in [0.4, 0.5) is 0 Å². The highest BCUT2D eigenvalue weighted by Gasteiger charge is 2.64. The molecule has 2 N–H and O–H groups in total. The molecule has 1 fully saturated rings. The summed E-state index contributed by atoms with van der Waals surface area (Å²) < 4.78 is 0. The van der Waals surface area contributed by atoms with E-state index in [0.717, 1.165) is 0 Å². The third-order valence-electron chi connectivity index (χ3n) is 3.35. The Balaban J connectivity index is 2.76. The summed E-state index contributed by atoms with van der Waals surface area (Å²) in [6.07, 6.45) is 1.52. The predicted octanol–water partition coefficient (Wildman–Crippen LogP) is 1.62. The molecule has 0 bridgehead atoms. The van der Waals surface area contributed by atoms with Crippen molar-refractivity contribution in [3.8, 4) is 0 Å². The van der Waals surface area contributed by atoms with Crippen molar-refractivity contribution in [2.45, 2.75) is 20.3 Å². The van der Waals surface area contributed by atoms with Crippen LogP contribution in [0.3, 0.4) is 0 Å². The first-order valence-corrected chi connectivity index (χ1v) is 4.89. The maximum Gasteiger partial charge on any atom is 0.307 e. The number of hydrogen-bond acceptors (Lipinski definition) is 2. The number of hydrogen-bond donors (Lipinski definition) is 2. The van der Waals surface area contributed by atoms with Crippen molar-refractivity contribution in [3.63, 3.8) is 0 Å². The molecule has 1 unspecified atom stereocenters. The van der Waals surface area contributed by atoms with Crippen LogP contribution >= 0.6 is 0 Å². The Kier molecular flexibility index (Phi) is 2.88. The fourth-order valence-electron chi connectivity index (χ4n) is 2.51. The minimum absolute atomic E-state index is 0.0403. The lowest BCUT2D eigenvalue weighted by Crippen LogP contribution is -2.11. The minimum atomic E-state index is -0.910. The van der Waals surface area contributed by atoms with Crippen molar-refractivity contribution in [1.29, 1.82) is 0 Å². The number of carboxylic acids is 2. The molecule has 4 heteroatoms. The molecule has 0 amide bonds. The van der Waals surface area contributed by atoms with E-state index >= 15 is 0 Å². The quantitative estimate of drug-likeness (QED) is 0.679. The zero-order valence-electron chi connectivity index (χ0n) is 8.93. The van der Waals surface area contributed by atoms with Gasteiger partial charge in [0.25, 0.3) is 0 Å². The molecule has 0 saturated heterocycles. The number of rotatable bonds is 5. The van der Waals surface area contributed by atoms with Crippen LogP contribution in [-0.2, 0) is 9.59 Å². The first kappa shape index (κ1) is 11.8. The molecule has 3 atom stereocenters. The molecular weight excluding hydrogens is 196 g/mol. The van der Waals surface area contributed by atoms with Crippen LogP contribution in [0.25, 0.3) is 0 Å². The number of carboxylic acid groups (broad SMARTS) is 2. The molecule has 0 radical (unpaired) electrons. The Morgan fingerprint density at radius 1 is 1.47 bits per heavy atom. The highest BCUT2D eigenvalue weighted by Crippen LogP contribution is 2.62. The molecule has 15 heavy (non-hydrogen) atoms. The minimum Gasteiger partial charge on any atom is -0.481 e. The Labute approximate surface area is 88.6 Å². The maximum absolute atomic E-state index is 10.9. The van der Waals surface area contributed by atoms with Crippen molar-refractivity contribution in [1.82, 2.24) is 0 Å². The standard InChI is InChI=1S/C11H16O4/c1-4-6(5-7(12)13)8-9(10(14)15)11(8,2)3/h4,6,8-9H,1,5H2,2-3H3,(H,12,13)(H,14,15)/t6?,8-,9-/m0/s1. The fourth-order valence-corrected chi connectivity index (χ4v) is 2.51. The monoisotopic (exact) mass is 212 g/mol. The van der Waals surface area contributed by atoms with Gasteiger partial charge in [0.15, 0.2) is 0 Å². The Morgan fingerprint density at radius 3 is 2.27 bits per heavy atom. The van der Waals surface area contributed by atoms with Crippen molar-refractivity contribution >= 4 is 11.9 Å². The van der Waals surface area contributed by atoms with Gasteiger partial charge in [-0.3, -0.25) is 9.59 Å². The van der Waals surface area contributed by atoms with Crippen LogP contribution in [0.15, 0.2) is 12.7 Å². The van der Waals surface area contributed by atoms with Crippen molar-refractivity contribution in [2.75, 3.05) is 0 Å². The molecule has 4 nitrogen and oxygen atoms in total. The second kappa shape index (κ2) is 3.68. The molecule has 0 aromatic heterocycles. The van der Waals surface area contributed by atoms with Crippen molar-refractivity contribution in [3.05, 3.63) is 12.7 Å². The van der Waals surface area contributed by atoms with Gasteiger partial charge in [-0.2, -0.15) is 0 Å². The summed E-state index contributed by atoms with van der Waals surface area (Å²) in [4.78, 5) is 21.5. The molecule has 0 aromatic carbocycles. The van der Waals surface area contributed by atoms with Crippen LogP contribution in [0.2, 0.25) is 0 Å². The van der Waals surface area contributed by atoms with E-state index in [1.165, 1.54) is 0 Å². The molecule has 84 valence electrons. The van der Waals surface area contributed by atoms with E-state index in [0.29, 0.717) is 0 Å². The van der Waals surface area contributed by atoms with Gasteiger partial charge in [-0.15, -0.1) is 6.58 Å². The number of allylic oxidation sites excluding steroid dienone is 1. The second-order valence-electron chi connectivity index (χ2n) is 4.66. The van der Waals surface area contributed by atoms with E-state index in [9.17, 15) is 9.59 Å². The van der Waals surface area contributed by atoms with Gasteiger partial charge in [0.05, 0.1) is 12.3 Å². The zero-order chi connectivity index (χ0) is 11.8. The second-order valence-corrected chi connectivity index (χ2v) is 4.66. The molecule has 1 aliphatic carbocycles. The van der Waals surface area contributed by atoms with Crippen LogP contribution in [-0.4, -0.2) is 22.2 Å². The van der Waals surface area contributed by atoms with Gasteiger partial charge >= 0.3 is 11.9 Å². The van der Waals surface area contributed by atoms with E-state index in [4.69, 9.17) is 10.2 Å². The van der Waals surface area contributed by atoms with E-state index in [-0.39, 0.29) is 23.7 Å². The summed E-state index contributed by atoms with van der Waals surface area (Å²) >= 11 is 0. The first-order chi connectivity index (χ1) is 6.82. The topological polar surface area (TPSA) is 74.6 Å². The normalized spacial score (nSPS) is 29.2. The summed E-state index contributed by atoms with van der Waals surface area (Å²) in [5.41, 5.74) is -0.319. The van der Waals surface area contributed by atoms with Crippen molar-refractivity contribution in [2.24, 2.45) is 23.2 Å². The van der Waals surface area contributed by atoms with Crippen LogP contribution in [0.1, 0.15) is 20.3 Å². The smallest absolute Gasteiger partial charge is 0.307 e. The Hall–Kier alpha value is -1.32. The molecule has 0 heterocycles. The van der Waals surface area contributed by atoms with E-state index in [1.54, 1.807) is 6.08 Å². The molecule has 1 aliphatic rings. The van der Waals surface area contributed by atoms with Gasteiger partial charge < -0.3 is 10.2 Å². The average molecular weight is 212 g/mol. The summed E-state index contributed by atoms with van der Waals surface area (Å²) in [5, 5.41) is 17.6. The molecule has 1 saturated carbocycles. The van der Waals surface area contributed by atoms with Gasteiger partial charge in [-0.05, 0) is 17.3 Å². The van der Waals surface area contributed by atoms with Crippen LogP contribution < -0.4 is 0 Å². The Morgan fingerprint density at radius 2 is 2.00 bits per heavy atom. The molecule has 1 rings (SSSR count). The lowest BCUT2D eigenvalue weighted by atomic mass is 9.94. The lowest BCUT2D eigenvalue weighted by Gasteiger charge is -2.10. The maximum atomic E-state index is 10.9.